The minimum absolute atomic E-state index is 0.174. The van der Waals surface area contributed by atoms with Gasteiger partial charge in [0.1, 0.15) is 11.6 Å². The van der Waals surface area contributed by atoms with Gasteiger partial charge in [0, 0.05) is 24.8 Å². The van der Waals surface area contributed by atoms with Gasteiger partial charge in [0.25, 0.3) is 5.91 Å². The van der Waals surface area contributed by atoms with Crippen LogP contribution in [0.25, 0.3) is 6.08 Å². The van der Waals surface area contributed by atoms with Crippen LogP contribution in [0.4, 0.5) is 5.69 Å². The highest BCUT2D eigenvalue weighted by Gasteiger charge is 2.19. The Bertz CT molecular complexity index is 588. The summed E-state index contributed by atoms with van der Waals surface area (Å²) in [6.45, 7) is 6.16. The topological polar surface area (TPSA) is 56.1 Å². The van der Waals surface area contributed by atoms with Crippen molar-refractivity contribution >= 4 is 17.7 Å². The van der Waals surface area contributed by atoms with Crippen LogP contribution in [-0.2, 0) is 4.79 Å². The number of carbonyl (C=O) groups excluding carboxylic acids is 1. The van der Waals surface area contributed by atoms with Crippen molar-refractivity contribution < 1.29 is 4.79 Å². The zero-order valence-electron chi connectivity index (χ0n) is 14.0. The molecule has 1 aromatic carbocycles. The molecule has 4 nitrogen and oxygen atoms in total. The molecule has 1 aliphatic carbocycles. The predicted molar refractivity (Wildman–Crippen MR) is 94.0 cm³/mol. The molecule has 0 aromatic heterocycles. The van der Waals surface area contributed by atoms with Gasteiger partial charge in [0.15, 0.2) is 0 Å². The van der Waals surface area contributed by atoms with Gasteiger partial charge in [0.05, 0.1) is 0 Å². The maximum absolute atomic E-state index is 12.2. The quantitative estimate of drug-likeness (QED) is 0.646. The van der Waals surface area contributed by atoms with Crippen LogP contribution in [0.5, 0.6) is 0 Å². The van der Waals surface area contributed by atoms with E-state index in [1.807, 2.05) is 30.3 Å². The Morgan fingerprint density at radius 1 is 1.26 bits per heavy atom. The molecule has 1 aromatic rings. The Morgan fingerprint density at radius 3 is 2.39 bits per heavy atom. The average molecular weight is 311 g/mol. The van der Waals surface area contributed by atoms with Gasteiger partial charge < -0.3 is 10.2 Å². The number of nitrogens with zero attached hydrogens (tertiary/aromatic N) is 2. The monoisotopic (exact) mass is 311 g/mol. The molecule has 0 radical (unpaired) electrons. The fourth-order valence-electron chi connectivity index (χ4n) is 3.02. The zero-order chi connectivity index (χ0) is 16.7. The minimum atomic E-state index is -0.257. The fraction of sp³-hybridized carbons (Fsp3) is 0.474. The normalized spacial score (nSPS) is 15.3. The minimum Gasteiger partial charge on any atom is -0.372 e. The third kappa shape index (κ3) is 4.59. The SMILES string of the molecule is CCN(CC)c1ccc(/C=C(/C#N)C(=O)NC2CCCC2)cc1. The molecule has 1 fully saturated rings. The first-order valence-corrected chi connectivity index (χ1v) is 8.45. The van der Waals surface area contributed by atoms with Gasteiger partial charge >= 0.3 is 0 Å². The number of nitrogens with one attached hydrogen (secondary N) is 1. The largest absolute Gasteiger partial charge is 0.372 e. The van der Waals surface area contributed by atoms with E-state index < -0.39 is 0 Å². The smallest absolute Gasteiger partial charge is 0.262 e. The standard InChI is InChI=1S/C19H25N3O/c1-3-22(4-2)18-11-9-15(10-12-18)13-16(14-20)19(23)21-17-7-5-6-8-17/h9-13,17H,3-8H2,1-2H3,(H,21,23)/b16-13-. The molecule has 0 atom stereocenters. The van der Waals surface area contributed by atoms with Crippen molar-refractivity contribution in [2.75, 3.05) is 18.0 Å². The summed E-state index contributed by atoms with van der Waals surface area (Å²) in [6.07, 6.45) is 6.01. The van der Waals surface area contributed by atoms with Gasteiger partial charge in [-0.25, -0.2) is 0 Å². The maximum Gasteiger partial charge on any atom is 0.262 e. The summed E-state index contributed by atoms with van der Waals surface area (Å²) < 4.78 is 0. The second-order valence-corrected chi connectivity index (χ2v) is 5.89. The molecule has 0 aliphatic heterocycles. The van der Waals surface area contributed by atoms with Gasteiger partial charge in [-0.1, -0.05) is 25.0 Å². The summed E-state index contributed by atoms with van der Waals surface area (Å²) in [4.78, 5) is 14.4. The lowest BCUT2D eigenvalue weighted by Crippen LogP contribution is -2.33. The Hall–Kier alpha value is -2.28. The van der Waals surface area contributed by atoms with Crippen LogP contribution in [0.15, 0.2) is 29.8 Å². The lowest BCUT2D eigenvalue weighted by atomic mass is 10.1. The van der Waals surface area contributed by atoms with Gasteiger partial charge in [-0.15, -0.1) is 0 Å². The number of anilines is 1. The number of benzene rings is 1. The molecule has 1 saturated carbocycles. The van der Waals surface area contributed by atoms with Crippen molar-refractivity contribution in [3.05, 3.63) is 35.4 Å². The Morgan fingerprint density at radius 2 is 1.87 bits per heavy atom. The first-order chi connectivity index (χ1) is 11.2. The van der Waals surface area contributed by atoms with E-state index in [0.29, 0.717) is 0 Å². The number of amides is 1. The summed E-state index contributed by atoms with van der Waals surface area (Å²) in [5.41, 5.74) is 2.20. The van der Waals surface area contributed by atoms with Gasteiger partial charge in [-0.3, -0.25) is 4.79 Å². The summed E-state index contributed by atoms with van der Waals surface area (Å²) in [5.74, 6) is -0.257. The Labute approximate surface area is 138 Å². The highest BCUT2D eigenvalue weighted by atomic mass is 16.1. The summed E-state index contributed by atoms with van der Waals surface area (Å²) in [5, 5.41) is 12.2. The van der Waals surface area contributed by atoms with Gasteiger partial charge in [-0.2, -0.15) is 5.26 Å². The van der Waals surface area contributed by atoms with Crippen LogP contribution < -0.4 is 10.2 Å². The first-order valence-electron chi connectivity index (χ1n) is 8.45. The zero-order valence-corrected chi connectivity index (χ0v) is 14.0. The van der Waals surface area contributed by atoms with Gasteiger partial charge in [-0.05, 0) is 50.5 Å². The average Bonchev–Trinajstić information content (AvgIpc) is 3.08. The number of hydrogen-bond acceptors (Lipinski definition) is 3. The van der Waals surface area contributed by atoms with E-state index >= 15 is 0 Å². The van der Waals surface area contributed by atoms with Crippen LogP contribution in [0.1, 0.15) is 45.1 Å². The molecule has 0 bridgehead atoms. The molecule has 4 heteroatoms. The maximum atomic E-state index is 12.2. The lowest BCUT2D eigenvalue weighted by molar-refractivity contribution is -0.117. The lowest BCUT2D eigenvalue weighted by Gasteiger charge is -2.20. The molecule has 122 valence electrons. The van der Waals surface area contributed by atoms with Crippen molar-refractivity contribution in [1.82, 2.24) is 5.32 Å². The van der Waals surface area contributed by atoms with Crippen molar-refractivity contribution in [2.24, 2.45) is 0 Å². The third-order valence-corrected chi connectivity index (χ3v) is 4.39. The molecular weight excluding hydrogens is 286 g/mol. The molecular formula is C19H25N3O. The van der Waals surface area contributed by atoms with Crippen LogP contribution in [0, 0.1) is 11.3 Å². The first kappa shape index (κ1) is 17.1. The fourth-order valence-corrected chi connectivity index (χ4v) is 3.02. The molecule has 1 amide bonds. The second-order valence-electron chi connectivity index (χ2n) is 5.89. The van der Waals surface area contributed by atoms with E-state index in [9.17, 15) is 10.1 Å². The summed E-state index contributed by atoms with van der Waals surface area (Å²) in [6, 6.07) is 10.2. The molecule has 1 N–H and O–H groups in total. The van der Waals surface area contributed by atoms with Crippen LogP contribution >= 0.6 is 0 Å². The Kier molecular flexibility index (Phi) is 6.22. The molecule has 0 saturated heterocycles. The Balaban J connectivity index is 2.08. The number of nitriles is 1. The number of carbonyl (C=O) groups is 1. The molecule has 0 spiro atoms. The van der Waals surface area contributed by atoms with E-state index in [1.54, 1.807) is 6.08 Å². The van der Waals surface area contributed by atoms with Crippen molar-refractivity contribution in [3.8, 4) is 6.07 Å². The van der Waals surface area contributed by atoms with Crippen molar-refractivity contribution in [2.45, 2.75) is 45.6 Å². The van der Waals surface area contributed by atoms with Crippen LogP contribution in [0.2, 0.25) is 0 Å². The van der Waals surface area contributed by atoms with E-state index in [0.717, 1.165) is 50.0 Å². The van der Waals surface area contributed by atoms with Crippen LogP contribution in [-0.4, -0.2) is 25.0 Å². The highest BCUT2D eigenvalue weighted by molar-refractivity contribution is 6.01. The van der Waals surface area contributed by atoms with E-state index in [2.05, 4.69) is 24.1 Å². The third-order valence-electron chi connectivity index (χ3n) is 4.39. The van der Waals surface area contributed by atoms with E-state index in [1.165, 1.54) is 0 Å². The summed E-state index contributed by atoms with van der Waals surface area (Å²) >= 11 is 0. The van der Waals surface area contributed by atoms with Crippen molar-refractivity contribution in [1.29, 1.82) is 5.26 Å². The predicted octanol–water partition coefficient (Wildman–Crippen LogP) is 3.50. The van der Waals surface area contributed by atoms with Crippen molar-refractivity contribution in [3.63, 3.8) is 0 Å². The van der Waals surface area contributed by atoms with E-state index in [-0.39, 0.29) is 17.5 Å². The highest BCUT2D eigenvalue weighted by Crippen LogP contribution is 2.19. The number of hydrogen-bond donors (Lipinski definition) is 1. The molecule has 1 aliphatic rings. The molecule has 0 unspecified atom stereocenters. The molecule has 23 heavy (non-hydrogen) atoms. The second kappa shape index (κ2) is 8.38. The number of rotatable bonds is 6. The summed E-state index contributed by atoms with van der Waals surface area (Å²) in [7, 11) is 0. The molecule has 0 heterocycles. The molecule has 2 rings (SSSR count). The van der Waals surface area contributed by atoms with E-state index in [4.69, 9.17) is 0 Å². The van der Waals surface area contributed by atoms with Gasteiger partial charge in [0.2, 0.25) is 0 Å². The van der Waals surface area contributed by atoms with Crippen LogP contribution in [0.3, 0.4) is 0 Å².